The molecular weight excluding hydrogens is 210 g/mol. The maximum atomic E-state index is 5.45. The van der Waals surface area contributed by atoms with E-state index in [-0.39, 0.29) is 0 Å². The molecule has 4 N–H and O–H groups in total. The third-order valence-corrected chi connectivity index (χ3v) is 2.98. The number of aromatic nitrogens is 1. The smallest absolute Gasteiger partial charge is 0.0456 e. The monoisotopic (exact) mass is 231 g/mol. The van der Waals surface area contributed by atoms with E-state index < -0.39 is 0 Å². The van der Waals surface area contributed by atoms with Gasteiger partial charge in [0, 0.05) is 30.8 Å². The van der Waals surface area contributed by atoms with Gasteiger partial charge >= 0.3 is 0 Å². The van der Waals surface area contributed by atoms with E-state index in [9.17, 15) is 0 Å². The molecule has 1 heterocycles. The molecular formula is C14H21N3. The van der Waals surface area contributed by atoms with Crippen molar-refractivity contribution in [3.63, 3.8) is 0 Å². The molecule has 0 bridgehead atoms. The summed E-state index contributed by atoms with van der Waals surface area (Å²) >= 11 is 0. The summed E-state index contributed by atoms with van der Waals surface area (Å²) < 4.78 is 0. The van der Waals surface area contributed by atoms with Gasteiger partial charge in [-0.1, -0.05) is 19.9 Å². The minimum Gasteiger partial charge on any atom is -0.358 e. The van der Waals surface area contributed by atoms with Gasteiger partial charge in [0.05, 0.1) is 0 Å². The standard InChI is InChI=1S/C14H21N3/c1-10(2)14-8-12-7-11(9-16-6-5-15)3-4-13(12)17-14/h3-4,7-8,10,16-17H,5-6,9,15H2,1-2H3. The van der Waals surface area contributed by atoms with Crippen LogP contribution in [-0.2, 0) is 6.54 Å². The Hall–Kier alpha value is -1.32. The Morgan fingerprint density at radius 1 is 1.29 bits per heavy atom. The van der Waals surface area contributed by atoms with Gasteiger partial charge in [0.15, 0.2) is 0 Å². The Morgan fingerprint density at radius 2 is 2.12 bits per heavy atom. The molecule has 0 amide bonds. The maximum absolute atomic E-state index is 5.45. The van der Waals surface area contributed by atoms with Crippen molar-refractivity contribution in [2.24, 2.45) is 5.73 Å². The van der Waals surface area contributed by atoms with Gasteiger partial charge in [-0.2, -0.15) is 0 Å². The highest BCUT2D eigenvalue weighted by Gasteiger charge is 2.04. The largest absolute Gasteiger partial charge is 0.358 e. The van der Waals surface area contributed by atoms with E-state index in [2.05, 4.69) is 48.4 Å². The van der Waals surface area contributed by atoms with Crippen LogP contribution in [0.3, 0.4) is 0 Å². The zero-order valence-corrected chi connectivity index (χ0v) is 10.6. The second-order valence-electron chi connectivity index (χ2n) is 4.77. The number of hydrogen-bond donors (Lipinski definition) is 3. The lowest BCUT2D eigenvalue weighted by Crippen LogP contribution is -2.21. The summed E-state index contributed by atoms with van der Waals surface area (Å²) in [5.41, 5.74) is 9.28. The van der Waals surface area contributed by atoms with Crippen LogP contribution >= 0.6 is 0 Å². The molecule has 0 fully saturated rings. The van der Waals surface area contributed by atoms with Gasteiger partial charge in [-0.25, -0.2) is 0 Å². The van der Waals surface area contributed by atoms with E-state index in [1.807, 2.05) is 0 Å². The molecule has 1 aromatic heterocycles. The lowest BCUT2D eigenvalue weighted by molar-refractivity contribution is 0.695. The van der Waals surface area contributed by atoms with Crippen molar-refractivity contribution in [2.45, 2.75) is 26.3 Å². The molecule has 0 radical (unpaired) electrons. The van der Waals surface area contributed by atoms with E-state index in [1.54, 1.807) is 0 Å². The van der Waals surface area contributed by atoms with E-state index in [1.165, 1.54) is 22.2 Å². The first kappa shape index (κ1) is 12.1. The fourth-order valence-corrected chi connectivity index (χ4v) is 1.96. The Labute approximate surface area is 102 Å². The molecule has 0 unspecified atom stereocenters. The quantitative estimate of drug-likeness (QED) is 0.692. The summed E-state index contributed by atoms with van der Waals surface area (Å²) in [5.74, 6) is 0.543. The second-order valence-corrected chi connectivity index (χ2v) is 4.77. The highest BCUT2D eigenvalue weighted by Crippen LogP contribution is 2.21. The van der Waals surface area contributed by atoms with Crippen molar-refractivity contribution in [3.8, 4) is 0 Å². The van der Waals surface area contributed by atoms with Crippen molar-refractivity contribution in [1.29, 1.82) is 0 Å². The van der Waals surface area contributed by atoms with Crippen LogP contribution in [0.1, 0.15) is 31.0 Å². The van der Waals surface area contributed by atoms with Gasteiger partial charge in [0.25, 0.3) is 0 Å². The molecule has 17 heavy (non-hydrogen) atoms. The Bertz CT molecular complexity index is 485. The summed E-state index contributed by atoms with van der Waals surface area (Å²) in [5, 5.41) is 4.60. The fraction of sp³-hybridized carbons (Fsp3) is 0.429. The number of nitrogens with two attached hydrogens (primary N) is 1. The summed E-state index contributed by atoms with van der Waals surface area (Å²) in [6, 6.07) is 8.79. The summed E-state index contributed by atoms with van der Waals surface area (Å²) in [6.45, 7) is 6.84. The van der Waals surface area contributed by atoms with Gasteiger partial charge < -0.3 is 16.0 Å². The van der Waals surface area contributed by atoms with Crippen LogP contribution in [-0.4, -0.2) is 18.1 Å². The van der Waals surface area contributed by atoms with Gasteiger partial charge in [-0.3, -0.25) is 0 Å². The van der Waals surface area contributed by atoms with Crippen molar-refractivity contribution in [2.75, 3.05) is 13.1 Å². The molecule has 2 aromatic rings. The van der Waals surface area contributed by atoms with Gasteiger partial charge in [0.1, 0.15) is 0 Å². The molecule has 0 saturated heterocycles. The van der Waals surface area contributed by atoms with E-state index in [0.29, 0.717) is 12.5 Å². The molecule has 0 aliphatic carbocycles. The van der Waals surface area contributed by atoms with E-state index >= 15 is 0 Å². The van der Waals surface area contributed by atoms with Crippen LogP contribution in [0.25, 0.3) is 10.9 Å². The molecule has 3 nitrogen and oxygen atoms in total. The lowest BCUT2D eigenvalue weighted by Gasteiger charge is -2.02. The zero-order chi connectivity index (χ0) is 12.3. The molecule has 2 rings (SSSR count). The molecule has 0 spiro atoms. The molecule has 1 aromatic carbocycles. The predicted molar refractivity (Wildman–Crippen MR) is 73.1 cm³/mol. The van der Waals surface area contributed by atoms with Gasteiger partial charge in [0.2, 0.25) is 0 Å². The third-order valence-electron chi connectivity index (χ3n) is 2.98. The topological polar surface area (TPSA) is 53.8 Å². The number of rotatable bonds is 5. The van der Waals surface area contributed by atoms with Gasteiger partial charge in [-0.05, 0) is 35.1 Å². The Kier molecular flexibility index (Phi) is 3.82. The van der Waals surface area contributed by atoms with Crippen LogP contribution in [0.5, 0.6) is 0 Å². The van der Waals surface area contributed by atoms with Crippen LogP contribution < -0.4 is 11.1 Å². The summed E-state index contributed by atoms with van der Waals surface area (Å²) in [6.07, 6.45) is 0. The van der Waals surface area contributed by atoms with Crippen molar-refractivity contribution in [1.82, 2.24) is 10.3 Å². The lowest BCUT2D eigenvalue weighted by atomic mass is 10.1. The zero-order valence-electron chi connectivity index (χ0n) is 10.6. The Balaban J connectivity index is 2.18. The molecule has 3 heteroatoms. The van der Waals surface area contributed by atoms with E-state index in [0.717, 1.165) is 13.1 Å². The minimum absolute atomic E-state index is 0.543. The minimum atomic E-state index is 0.543. The van der Waals surface area contributed by atoms with Crippen LogP contribution in [0, 0.1) is 0 Å². The fourth-order valence-electron chi connectivity index (χ4n) is 1.96. The molecule has 0 saturated carbocycles. The average molecular weight is 231 g/mol. The summed E-state index contributed by atoms with van der Waals surface area (Å²) in [4.78, 5) is 3.45. The first-order valence-electron chi connectivity index (χ1n) is 6.23. The molecule has 0 aliphatic heterocycles. The maximum Gasteiger partial charge on any atom is 0.0456 e. The van der Waals surface area contributed by atoms with E-state index in [4.69, 9.17) is 5.73 Å². The molecule has 0 aliphatic rings. The number of hydrogen-bond acceptors (Lipinski definition) is 2. The molecule has 0 atom stereocenters. The number of fused-ring (bicyclic) bond motifs is 1. The number of H-pyrrole nitrogens is 1. The molecule has 92 valence electrons. The SMILES string of the molecule is CC(C)c1cc2cc(CNCCN)ccc2[nH]1. The Morgan fingerprint density at radius 3 is 2.82 bits per heavy atom. The van der Waals surface area contributed by atoms with Crippen molar-refractivity contribution in [3.05, 3.63) is 35.5 Å². The number of benzene rings is 1. The first-order chi connectivity index (χ1) is 8.20. The van der Waals surface area contributed by atoms with Crippen molar-refractivity contribution < 1.29 is 0 Å². The predicted octanol–water partition coefficient (Wildman–Crippen LogP) is 2.34. The highest BCUT2D eigenvalue weighted by atomic mass is 14.9. The normalized spacial score (nSPS) is 11.5. The van der Waals surface area contributed by atoms with Crippen LogP contribution in [0.4, 0.5) is 0 Å². The van der Waals surface area contributed by atoms with Gasteiger partial charge in [-0.15, -0.1) is 0 Å². The summed E-state index contributed by atoms with van der Waals surface area (Å²) in [7, 11) is 0. The van der Waals surface area contributed by atoms with Crippen molar-refractivity contribution >= 4 is 10.9 Å². The average Bonchev–Trinajstić information content (AvgIpc) is 2.72. The number of aromatic amines is 1. The second kappa shape index (κ2) is 5.34. The third kappa shape index (κ3) is 2.87. The van der Waals surface area contributed by atoms with Crippen LogP contribution in [0.15, 0.2) is 24.3 Å². The first-order valence-corrected chi connectivity index (χ1v) is 6.23. The highest BCUT2D eigenvalue weighted by molar-refractivity contribution is 5.81. The van der Waals surface area contributed by atoms with Crippen LogP contribution in [0.2, 0.25) is 0 Å². The number of nitrogens with one attached hydrogen (secondary N) is 2.